The van der Waals surface area contributed by atoms with Gasteiger partial charge in [0.1, 0.15) is 11.5 Å². The molecule has 3 N–H and O–H groups in total. The van der Waals surface area contributed by atoms with Crippen molar-refractivity contribution in [3.05, 3.63) is 107 Å². The van der Waals surface area contributed by atoms with Gasteiger partial charge in [-0.3, -0.25) is 9.69 Å². The van der Waals surface area contributed by atoms with Crippen LogP contribution in [0.25, 0.3) is 0 Å². The molecule has 1 atom stereocenters. The fourth-order valence-electron chi connectivity index (χ4n) is 4.74. The topological polar surface area (TPSA) is 153 Å². The molecule has 0 fully saturated rings. The van der Waals surface area contributed by atoms with Crippen LogP contribution in [-0.4, -0.2) is 46.3 Å². The zero-order chi connectivity index (χ0) is 30.4. The van der Waals surface area contributed by atoms with Crippen LogP contribution in [0.15, 0.2) is 95.5 Å². The second-order valence-corrected chi connectivity index (χ2v) is 8.88. The molecule has 11 heteroatoms. The number of benzene rings is 3. The molecule has 1 unspecified atom stereocenters. The van der Waals surface area contributed by atoms with E-state index >= 15 is 0 Å². The average molecular weight is 569 g/mol. The van der Waals surface area contributed by atoms with Gasteiger partial charge in [0, 0.05) is 11.8 Å². The van der Waals surface area contributed by atoms with Crippen molar-refractivity contribution in [1.29, 1.82) is 5.26 Å². The smallest absolute Gasteiger partial charge is 0.355 e. The average Bonchev–Trinajstić information content (AvgIpc) is 3.03. The van der Waals surface area contributed by atoms with E-state index in [0.29, 0.717) is 22.7 Å². The van der Waals surface area contributed by atoms with Crippen molar-refractivity contribution in [2.24, 2.45) is 5.73 Å². The Kier molecular flexibility index (Phi) is 8.78. The van der Waals surface area contributed by atoms with E-state index in [9.17, 15) is 19.6 Å². The van der Waals surface area contributed by atoms with Crippen LogP contribution in [0.3, 0.4) is 0 Å². The predicted octanol–water partition coefficient (Wildman–Crippen LogP) is 3.85. The Bertz CT molecular complexity index is 1640. The van der Waals surface area contributed by atoms with Crippen molar-refractivity contribution in [3.63, 3.8) is 0 Å². The van der Waals surface area contributed by atoms with Crippen molar-refractivity contribution in [3.8, 4) is 17.6 Å². The number of methoxy groups -OCH3 is 4. The van der Waals surface area contributed by atoms with Crippen LogP contribution in [0.4, 0.5) is 11.4 Å². The van der Waals surface area contributed by atoms with E-state index in [2.05, 4.69) is 11.4 Å². The third kappa shape index (κ3) is 5.33. The lowest BCUT2D eigenvalue weighted by Gasteiger charge is -2.36. The maximum absolute atomic E-state index is 13.6. The highest BCUT2D eigenvalue weighted by Gasteiger charge is 2.43. The van der Waals surface area contributed by atoms with Gasteiger partial charge >= 0.3 is 11.9 Å². The summed E-state index contributed by atoms with van der Waals surface area (Å²) in [5.41, 5.74) is 7.24. The summed E-state index contributed by atoms with van der Waals surface area (Å²) in [4.78, 5) is 41.5. The third-order valence-corrected chi connectivity index (χ3v) is 6.64. The number of rotatable bonds is 8. The van der Waals surface area contributed by atoms with Crippen molar-refractivity contribution in [1.82, 2.24) is 0 Å². The quantitative estimate of drug-likeness (QED) is 0.383. The maximum atomic E-state index is 13.6. The number of nitrogens with zero attached hydrogens (tertiary/aromatic N) is 2. The van der Waals surface area contributed by atoms with E-state index in [4.69, 9.17) is 24.7 Å². The molecular weight excluding hydrogens is 540 g/mol. The number of nitriles is 1. The van der Waals surface area contributed by atoms with Gasteiger partial charge in [-0.15, -0.1) is 0 Å². The molecule has 0 radical (unpaired) electrons. The normalized spacial score (nSPS) is 14.5. The molecule has 42 heavy (non-hydrogen) atoms. The number of esters is 2. The first-order valence-electron chi connectivity index (χ1n) is 12.6. The van der Waals surface area contributed by atoms with Gasteiger partial charge in [-0.25, -0.2) is 9.59 Å². The van der Waals surface area contributed by atoms with Crippen LogP contribution in [0, 0.1) is 11.3 Å². The third-order valence-electron chi connectivity index (χ3n) is 6.64. The molecule has 1 aliphatic heterocycles. The number of ether oxygens (including phenoxy) is 4. The van der Waals surface area contributed by atoms with Gasteiger partial charge < -0.3 is 30.0 Å². The molecule has 1 amide bonds. The number of carbonyl (C=O) groups is 3. The number of nitrogens with one attached hydrogen (secondary N) is 1. The highest BCUT2D eigenvalue weighted by molar-refractivity contribution is 6.11. The standard InChI is InChI=1S/C31H28N4O7/c1-39-23-15-14-19(16-24(23)40-2)34-29(36)20-12-8-9-13-22(20)35-27(31(38)42-4)26(30(37)41-3)25(21(17-32)28(35)33)18-10-6-5-7-11-18/h5-16,25H,33H2,1-4H3,(H,34,36). The molecule has 0 aliphatic carbocycles. The van der Waals surface area contributed by atoms with Crippen LogP contribution in [0.5, 0.6) is 11.5 Å². The zero-order valence-corrected chi connectivity index (χ0v) is 23.3. The Balaban J connectivity index is 1.93. The molecule has 0 saturated carbocycles. The number of para-hydroxylation sites is 1. The molecule has 11 nitrogen and oxygen atoms in total. The highest BCUT2D eigenvalue weighted by Crippen LogP contribution is 2.44. The minimum absolute atomic E-state index is 0.0237. The van der Waals surface area contributed by atoms with E-state index in [1.807, 2.05) is 0 Å². The lowest BCUT2D eigenvalue weighted by atomic mass is 9.80. The Labute approximate surface area is 242 Å². The SMILES string of the molecule is COC(=O)C1=C(C(=O)OC)N(c2ccccc2C(=O)Nc2ccc(OC)c(OC)c2)C(N)=C(C#N)C1c1ccccc1. The summed E-state index contributed by atoms with van der Waals surface area (Å²) in [6, 6.07) is 21.9. The second-order valence-electron chi connectivity index (χ2n) is 8.88. The van der Waals surface area contributed by atoms with Gasteiger partial charge in [0.25, 0.3) is 5.91 Å². The minimum atomic E-state index is -1.04. The van der Waals surface area contributed by atoms with E-state index in [-0.39, 0.29) is 33.9 Å². The molecule has 1 aliphatic rings. The molecule has 3 aromatic rings. The molecule has 0 spiro atoms. The number of amides is 1. The van der Waals surface area contributed by atoms with Crippen molar-refractivity contribution in [2.75, 3.05) is 38.7 Å². The summed E-state index contributed by atoms with van der Waals surface area (Å²) in [6.07, 6.45) is 0. The fraction of sp³-hybridized carbons (Fsp3) is 0.161. The number of anilines is 2. The summed E-state index contributed by atoms with van der Waals surface area (Å²) in [5, 5.41) is 13.1. The number of nitrogens with two attached hydrogens (primary N) is 1. The number of hydrogen-bond acceptors (Lipinski definition) is 10. The first kappa shape index (κ1) is 29.2. The minimum Gasteiger partial charge on any atom is -0.493 e. The zero-order valence-electron chi connectivity index (χ0n) is 23.3. The fourth-order valence-corrected chi connectivity index (χ4v) is 4.74. The Morgan fingerprint density at radius 2 is 1.50 bits per heavy atom. The van der Waals surface area contributed by atoms with Crippen LogP contribution in [0.2, 0.25) is 0 Å². The number of carbonyl (C=O) groups excluding carboxylic acids is 3. The van der Waals surface area contributed by atoms with Crippen LogP contribution < -0.4 is 25.4 Å². The van der Waals surface area contributed by atoms with E-state index in [1.165, 1.54) is 31.3 Å². The lowest BCUT2D eigenvalue weighted by molar-refractivity contribution is -0.139. The number of hydrogen-bond donors (Lipinski definition) is 2. The molecule has 214 valence electrons. The van der Waals surface area contributed by atoms with Gasteiger partial charge in [-0.1, -0.05) is 42.5 Å². The molecule has 0 saturated heterocycles. The summed E-state index contributed by atoms with van der Waals surface area (Å²) >= 11 is 0. The predicted molar refractivity (Wildman–Crippen MR) is 153 cm³/mol. The van der Waals surface area contributed by atoms with Crippen molar-refractivity contribution in [2.45, 2.75) is 5.92 Å². The first-order chi connectivity index (χ1) is 20.3. The van der Waals surface area contributed by atoms with E-state index in [1.54, 1.807) is 60.7 Å². The molecule has 3 aromatic carbocycles. The van der Waals surface area contributed by atoms with Gasteiger partial charge in [0.15, 0.2) is 11.5 Å². The summed E-state index contributed by atoms with van der Waals surface area (Å²) in [6.45, 7) is 0. The van der Waals surface area contributed by atoms with Crippen molar-refractivity contribution < 1.29 is 33.3 Å². The maximum Gasteiger partial charge on any atom is 0.355 e. The van der Waals surface area contributed by atoms with E-state index < -0.39 is 23.8 Å². The largest absolute Gasteiger partial charge is 0.493 e. The molecular formula is C31H28N4O7. The molecule has 0 aromatic heterocycles. The second kappa shape index (κ2) is 12.6. The van der Waals surface area contributed by atoms with Crippen LogP contribution in [0.1, 0.15) is 21.8 Å². The monoisotopic (exact) mass is 568 g/mol. The van der Waals surface area contributed by atoms with Crippen molar-refractivity contribution >= 4 is 29.2 Å². The van der Waals surface area contributed by atoms with Crippen LogP contribution in [-0.2, 0) is 19.1 Å². The highest BCUT2D eigenvalue weighted by atomic mass is 16.5. The summed E-state index contributed by atoms with van der Waals surface area (Å²) in [7, 11) is 5.28. The molecule has 0 bridgehead atoms. The molecule has 4 rings (SSSR count). The Hall–Kier alpha value is -5.76. The van der Waals surface area contributed by atoms with E-state index in [0.717, 1.165) is 14.2 Å². The van der Waals surface area contributed by atoms with Gasteiger partial charge in [-0.2, -0.15) is 5.26 Å². The Morgan fingerprint density at radius 1 is 0.857 bits per heavy atom. The summed E-state index contributed by atoms with van der Waals surface area (Å²) in [5.74, 6) is -2.70. The first-order valence-corrected chi connectivity index (χ1v) is 12.6. The van der Waals surface area contributed by atoms with Crippen LogP contribution >= 0.6 is 0 Å². The lowest BCUT2D eigenvalue weighted by Crippen LogP contribution is -2.41. The molecule has 1 heterocycles. The van der Waals surface area contributed by atoms with Gasteiger partial charge in [0.05, 0.1) is 62.8 Å². The van der Waals surface area contributed by atoms with Gasteiger partial charge in [-0.05, 0) is 29.8 Å². The summed E-state index contributed by atoms with van der Waals surface area (Å²) < 4.78 is 20.7. The Morgan fingerprint density at radius 3 is 2.12 bits per heavy atom. The number of allylic oxidation sites excluding steroid dienone is 1. The van der Waals surface area contributed by atoms with Gasteiger partial charge in [0.2, 0.25) is 0 Å².